The Kier molecular flexibility index (Phi) is 6.30. The van der Waals surface area contributed by atoms with E-state index in [0.29, 0.717) is 5.69 Å². The number of halogens is 2. The number of carbonyl (C=O) groups is 1. The van der Waals surface area contributed by atoms with Crippen LogP contribution < -0.4 is 5.32 Å². The second kappa shape index (κ2) is 8.70. The second-order valence-electron chi connectivity index (χ2n) is 6.86. The van der Waals surface area contributed by atoms with Crippen molar-refractivity contribution in [3.8, 4) is 17.3 Å². The Hall–Kier alpha value is -2.46. The molecule has 0 aliphatic heterocycles. The molecular weight excluding hydrogens is 380 g/mol. The van der Waals surface area contributed by atoms with Crippen LogP contribution in [-0.2, 0) is 4.79 Å². The molecule has 28 heavy (non-hydrogen) atoms. The Balaban J connectivity index is 1.98. The number of rotatable bonds is 5. The summed E-state index contributed by atoms with van der Waals surface area (Å²) in [4.78, 5) is 18.2. The maximum Gasteiger partial charge on any atom is 0.249 e. The number of thioether (sulfide) groups is 1. The number of amides is 1. The van der Waals surface area contributed by atoms with Crippen LogP contribution in [0.3, 0.4) is 0 Å². The molecule has 7 heteroatoms. The maximum absolute atomic E-state index is 14.1. The van der Waals surface area contributed by atoms with E-state index in [2.05, 4.69) is 10.3 Å². The summed E-state index contributed by atoms with van der Waals surface area (Å²) in [7, 11) is 0. The fraction of sp³-hybridized carbons (Fsp3) is 0.381. The molecule has 1 saturated carbocycles. The molecule has 1 aromatic heterocycles. The first kappa shape index (κ1) is 20.3. The average molecular weight is 401 g/mol. The minimum atomic E-state index is -2.88. The van der Waals surface area contributed by atoms with Crippen molar-refractivity contribution in [3.63, 3.8) is 0 Å². The number of aromatic nitrogens is 1. The lowest BCUT2D eigenvalue weighted by molar-refractivity contribution is -0.133. The summed E-state index contributed by atoms with van der Waals surface area (Å²) in [5.41, 5.74) is 2.40. The summed E-state index contributed by atoms with van der Waals surface area (Å²) in [6.45, 7) is -0.191. The van der Waals surface area contributed by atoms with Crippen molar-refractivity contribution in [3.05, 3.63) is 48.2 Å². The van der Waals surface area contributed by atoms with Crippen LogP contribution in [0.5, 0.6) is 0 Å². The van der Waals surface area contributed by atoms with Crippen molar-refractivity contribution in [1.82, 2.24) is 10.3 Å². The Morgan fingerprint density at radius 3 is 2.79 bits per heavy atom. The number of benzene rings is 1. The first-order valence-electron chi connectivity index (χ1n) is 9.07. The van der Waals surface area contributed by atoms with Crippen LogP contribution >= 0.6 is 11.8 Å². The lowest BCUT2D eigenvalue weighted by Crippen LogP contribution is -2.41. The standard InChI is InChI=1S/C21H21F2N3OS/c1-28-15-6-4-14(5-7-15)19-17(3-2-11-25-19)16-8-9-21(22,23)13-18(16)20(27)26-12-10-24/h2-7,11,16,18H,8-9,12-13H2,1H3,(H,26,27). The Bertz CT molecular complexity index is 880. The molecule has 1 aromatic carbocycles. The van der Waals surface area contributed by atoms with E-state index in [9.17, 15) is 13.6 Å². The number of hydrogen-bond acceptors (Lipinski definition) is 4. The lowest BCUT2D eigenvalue weighted by Gasteiger charge is -2.36. The van der Waals surface area contributed by atoms with Gasteiger partial charge in [0.2, 0.25) is 11.8 Å². The van der Waals surface area contributed by atoms with Crippen LogP contribution in [0.2, 0.25) is 0 Å². The van der Waals surface area contributed by atoms with Gasteiger partial charge in [0, 0.05) is 29.5 Å². The highest BCUT2D eigenvalue weighted by molar-refractivity contribution is 7.98. The van der Waals surface area contributed by atoms with E-state index < -0.39 is 24.2 Å². The van der Waals surface area contributed by atoms with Crippen LogP contribution in [0.25, 0.3) is 11.3 Å². The third-order valence-corrected chi connectivity index (χ3v) is 5.85. The highest BCUT2D eigenvalue weighted by atomic mass is 32.2. The van der Waals surface area contributed by atoms with Gasteiger partial charge >= 0.3 is 0 Å². The van der Waals surface area contributed by atoms with E-state index in [-0.39, 0.29) is 25.3 Å². The molecule has 0 spiro atoms. The molecule has 2 unspecified atom stereocenters. The number of nitriles is 1. The first-order valence-corrected chi connectivity index (χ1v) is 10.3. The minimum absolute atomic E-state index is 0.191. The normalized spacial score (nSPS) is 20.9. The zero-order chi connectivity index (χ0) is 20.1. The number of hydrogen-bond donors (Lipinski definition) is 1. The third-order valence-electron chi connectivity index (χ3n) is 5.11. The van der Waals surface area contributed by atoms with Crippen LogP contribution in [-0.4, -0.2) is 29.6 Å². The zero-order valence-electron chi connectivity index (χ0n) is 15.5. The molecule has 1 heterocycles. The first-order chi connectivity index (χ1) is 13.4. The van der Waals surface area contributed by atoms with Gasteiger partial charge in [0.1, 0.15) is 6.54 Å². The van der Waals surface area contributed by atoms with Crippen molar-refractivity contribution in [2.75, 3.05) is 12.8 Å². The molecule has 0 saturated heterocycles. The minimum Gasteiger partial charge on any atom is -0.343 e. The van der Waals surface area contributed by atoms with E-state index in [1.807, 2.05) is 42.7 Å². The van der Waals surface area contributed by atoms with Crippen molar-refractivity contribution in [1.29, 1.82) is 5.26 Å². The van der Waals surface area contributed by atoms with Gasteiger partial charge < -0.3 is 5.32 Å². The molecule has 3 rings (SSSR count). The number of carbonyl (C=O) groups excluding carboxylic acids is 1. The molecule has 0 bridgehead atoms. The van der Waals surface area contributed by atoms with Crippen LogP contribution in [0, 0.1) is 17.2 Å². The molecule has 0 radical (unpaired) electrons. The Morgan fingerprint density at radius 1 is 1.36 bits per heavy atom. The predicted octanol–water partition coefficient (Wildman–Crippen LogP) is 4.63. The number of nitrogens with zero attached hydrogens (tertiary/aromatic N) is 2. The summed E-state index contributed by atoms with van der Waals surface area (Å²) in [5, 5.41) is 11.2. The van der Waals surface area contributed by atoms with Crippen LogP contribution in [0.15, 0.2) is 47.5 Å². The van der Waals surface area contributed by atoms with Crippen molar-refractivity contribution < 1.29 is 13.6 Å². The second-order valence-corrected chi connectivity index (χ2v) is 7.74. The van der Waals surface area contributed by atoms with Gasteiger partial charge in [-0.15, -0.1) is 11.8 Å². The van der Waals surface area contributed by atoms with Gasteiger partial charge in [0.05, 0.1) is 17.7 Å². The topological polar surface area (TPSA) is 65.8 Å². The van der Waals surface area contributed by atoms with Gasteiger partial charge in [-0.25, -0.2) is 8.78 Å². The zero-order valence-corrected chi connectivity index (χ0v) is 16.3. The van der Waals surface area contributed by atoms with E-state index in [1.165, 1.54) is 0 Å². The van der Waals surface area contributed by atoms with Gasteiger partial charge in [-0.05, 0) is 42.4 Å². The van der Waals surface area contributed by atoms with Gasteiger partial charge in [-0.3, -0.25) is 9.78 Å². The quantitative estimate of drug-likeness (QED) is 0.586. The summed E-state index contributed by atoms with van der Waals surface area (Å²) < 4.78 is 28.1. The molecule has 1 fully saturated rings. The van der Waals surface area contributed by atoms with Crippen molar-refractivity contribution in [2.24, 2.45) is 5.92 Å². The Labute approximate surface area is 167 Å². The van der Waals surface area contributed by atoms with E-state index in [0.717, 1.165) is 16.0 Å². The summed E-state index contributed by atoms with van der Waals surface area (Å²) in [6.07, 6.45) is 3.07. The third kappa shape index (κ3) is 4.50. The molecule has 2 aromatic rings. The van der Waals surface area contributed by atoms with Crippen LogP contribution in [0.1, 0.15) is 30.7 Å². The number of pyridine rings is 1. The largest absolute Gasteiger partial charge is 0.343 e. The molecule has 4 nitrogen and oxygen atoms in total. The maximum atomic E-state index is 14.1. The van der Waals surface area contributed by atoms with Gasteiger partial charge in [-0.2, -0.15) is 5.26 Å². The average Bonchev–Trinajstić information content (AvgIpc) is 2.71. The fourth-order valence-corrected chi connectivity index (χ4v) is 4.15. The Morgan fingerprint density at radius 2 is 2.11 bits per heavy atom. The molecule has 2 atom stereocenters. The molecule has 1 aliphatic rings. The molecule has 1 N–H and O–H groups in total. The summed E-state index contributed by atoms with van der Waals surface area (Å²) in [5.74, 6) is -4.65. The smallest absolute Gasteiger partial charge is 0.249 e. The highest BCUT2D eigenvalue weighted by Crippen LogP contribution is 2.46. The van der Waals surface area contributed by atoms with Crippen molar-refractivity contribution in [2.45, 2.75) is 36.0 Å². The van der Waals surface area contributed by atoms with Crippen molar-refractivity contribution >= 4 is 17.7 Å². The summed E-state index contributed by atoms with van der Waals surface area (Å²) >= 11 is 1.63. The number of alkyl halides is 2. The number of nitrogens with one attached hydrogen (secondary N) is 1. The van der Waals surface area contributed by atoms with E-state index in [4.69, 9.17) is 5.26 Å². The van der Waals surface area contributed by atoms with Gasteiger partial charge in [0.15, 0.2) is 0 Å². The molecular formula is C21H21F2N3OS. The SMILES string of the molecule is CSc1ccc(-c2ncccc2C2CCC(F)(F)CC2C(=O)NCC#N)cc1. The van der Waals surface area contributed by atoms with E-state index >= 15 is 0 Å². The van der Waals surface area contributed by atoms with Gasteiger partial charge in [-0.1, -0.05) is 18.2 Å². The molecule has 1 amide bonds. The highest BCUT2D eigenvalue weighted by Gasteiger charge is 2.45. The fourth-order valence-electron chi connectivity index (χ4n) is 3.75. The monoisotopic (exact) mass is 401 g/mol. The summed E-state index contributed by atoms with van der Waals surface area (Å²) in [6, 6.07) is 13.4. The van der Waals surface area contributed by atoms with Crippen LogP contribution in [0.4, 0.5) is 8.78 Å². The molecule has 146 valence electrons. The van der Waals surface area contributed by atoms with Gasteiger partial charge in [0.25, 0.3) is 0 Å². The van der Waals surface area contributed by atoms with E-state index in [1.54, 1.807) is 24.0 Å². The molecule has 1 aliphatic carbocycles. The predicted molar refractivity (Wildman–Crippen MR) is 105 cm³/mol. The lowest BCUT2D eigenvalue weighted by atomic mass is 9.72.